The Kier molecular flexibility index (Phi) is 6.09. The Bertz CT molecular complexity index is 578. The van der Waals surface area contributed by atoms with Crippen LogP contribution in [0.5, 0.6) is 17.2 Å². The molecule has 132 valence electrons. The normalized spacial score (nSPS) is 21.0. The van der Waals surface area contributed by atoms with Crippen LogP contribution in [-0.2, 0) is 9.53 Å². The molecule has 6 heteroatoms. The average Bonchev–Trinajstić information content (AvgIpc) is 2.57. The number of amides is 1. The summed E-state index contributed by atoms with van der Waals surface area (Å²) in [4.78, 5) is 14.2. The van der Waals surface area contributed by atoms with E-state index < -0.39 is 0 Å². The minimum atomic E-state index is -0.0363. The van der Waals surface area contributed by atoms with Gasteiger partial charge < -0.3 is 23.8 Å². The van der Waals surface area contributed by atoms with Gasteiger partial charge in [0.15, 0.2) is 11.5 Å². The molecule has 1 aromatic rings. The summed E-state index contributed by atoms with van der Waals surface area (Å²) in [5.74, 6) is 1.60. The Balaban J connectivity index is 2.17. The van der Waals surface area contributed by atoms with Crippen molar-refractivity contribution in [2.75, 3.05) is 34.4 Å². The number of carbonyl (C=O) groups excluding carboxylic acids is 1. The van der Waals surface area contributed by atoms with Crippen molar-refractivity contribution in [3.8, 4) is 17.2 Å². The first-order valence-corrected chi connectivity index (χ1v) is 7.91. The van der Waals surface area contributed by atoms with Gasteiger partial charge >= 0.3 is 0 Å². The number of benzene rings is 1. The fourth-order valence-electron chi connectivity index (χ4n) is 2.83. The quantitative estimate of drug-likeness (QED) is 0.773. The minimum Gasteiger partial charge on any atom is -0.493 e. The fourth-order valence-corrected chi connectivity index (χ4v) is 2.83. The van der Waals surface area contributed by atoms with Gasteiger partial charge in [0.2, 0.25) is 11.7 Å². The number of rotatable bonds is 5. The molecule has 0 N–H and O–H groups in total. The molecule has 1 aromatic carbocycles. The second-order valence-corrected chi connectivity index (χ2v) is 5.79. The summed E-state index contributed by atoms with van der Waals surface area (Å²) in [6.07, 6.45) is 3.41. The lowest BCUT2D eigenvalue weighted by atomic mass is 10.1. The van der Waals surface area contributed by atoms with Gasteiger partial charge in [-0.3, -0.25) is 4.79 Å². The number of methoxy groups -OCH3 is 3. The molecule has 0 aliphatic carbocycles. The molecule has 0 aromatic heterocycles. The Morgan fingerprint density at radius 1 is 1.08 bits per heavy atom. The summed E-state index contributed by atoms with van der Waals surface area (Å²) in [5.41, 5.74) is 0.798. The lowest BCUT2D eigenvalue weighted by Gasteiger charge is -2.34. The van der Waals surface area contributed by atoms with Crippen molar-refractivity contribution in [1.29, 1.82) is 0 Å². The van der Waals surface area contributed by atoms with E-state index in [4.69, 9.17) is 18.9 Å². The first-order chi connectivity index (χ1) is 11.5. The van der Waals surface area contributed by atoms with E-state index in [1.165, 1.54) is 0 Å². The van der Waals surface area contributed by atoms with Crippen LogP contribution in [0.2, 0.25) is 0 Å². The number of carbonyl (C=O) groups is 1. The maximum Gasteiger partial charge on any atom is 0.246 e. The zero-order chi connectivity index (χ0) is 17.7. The number of morpholine rings is 1. The van der Waals surface area contributed by atoms with Crippen molar-refractivity contribution in [2.24, 2.45) is 0 Å². The molecular formula is C18H25NO5. The molecule has 0 spiro atoms. The number of hydrogen-bond acceptors (Lipinski definition) is 5. The summed E-state index contributed by atoms with van der Waals surface area (Å²) >= 11 is 0. The maximum atomic E-state index is 12.4. The van der Waals surface area contributed by atoms with E-state index in [1.54, 1.807) is 50.5 Å². The Hall–Kier alpha value is -2.21. The molecule has 6 nitrogen and oxygen atoms in total. The third-order valence-corrected chi connectivity index (χ3v) is 3.84. The van der Waals surface area contributed by atoms with E-state index in [1.807, 2.05) is 13.8 Å². The fraction of sp³-hybridized carbons (Fsp3) is 0.500. The summed E-state index contributed by atoms with van der Waals surface area (Å²) in [6.45, 7) is 5.14. The van der Waals surface area contributed by atoms with E-state index in [-0.39, 0.29) is 18.1 Å². The van der Waals surface area contributed by atoms with Gasteiger partial charge in [0, 0.05) is 19.2 Å². The summed E-state index contributed by atoms with van der Waals surface area (Å²) < 4.78 is 21.6. The van der Waals surface area contributed by atoms with Crippen molar-refractivity contribution >= 4 is 12.0 Å². The van der Waals surface area contributed by atoms with Crippen LogP contribution in [0.1, 0.15) is 19.4 Å². The van der Waals surface area contributed by atoms with E-state index >= 15 is 0 Å². The van der Waals surface area contributed by atoms with E-state index in [9.17, 15) is 4.79 Å². The highest BCUT2D eigenvalue weighted by Crippen LogP contribution is 2.38. The van der Waals surface area contributed by atoms with Crippen molar-refractivity contribution in [1.82, 2.24) is 4.90 Å². The Morgan fingerprint density at radius 3 is 2.08 bits per heavy atom. The third kappa shape index (κ3) is 4.20. The number of nitrogens with zero attached hydrogens (tertiary/aromatic N) is 1. The van der Waals surface area contributed by atoms with Crippen LogP contribution in [-0.4, -0.2) is 57.4 Å². The van der Waals surface area contributed by atoms with Crippen LogP contribution in [0.25, 0.3) is 6.08 Å². The molecule has 1 heterocycles. The zero-order valence-corrected chi connectivity index (χ0v) is 14.9. The molecule has 1 fully saturated rings. The van der Waals surface area contributed by atoms with Gasteiger partial charge in [0.1, 0.15) is 0 Å². The molecule has 0 radical (unpaired) electrons. The minimum absolute atomic E-state index is 0.0363. The average molecular weight is 335 g/mol. The van der Waals surface area contributed by atoms with E-state index in [0.29, 0.717) is 30.3 Å². The molecule has 1 aliphatic heterocycles. The molecule has 1 amide bonds. The van der Waals surface area contributed by atoms with Crippen LogP contribution < -0.4 is 14.2 Å². The topological polar surface area (TPSA) is 57.2 Å². The lowest BCUT2D eigenvalue weighted by Crippen LogP contribution is -2.47. The second-order valence-electron chi connectivity index (χ2n) is 5.79. The summed E-state index contributed by atoms with van der Waals surface area (Å²) in [5, 5.41) is 0. The molecule has 2 atom stereocenters. The van der Waals surface area contributed by atoms with Gasteiger partial charge in [-0.2, -0.15) is 0 Å². The lowest BCUT2D eigenvalue weighted by molar-refractivity contribution is -0.137. The summed E-state index contributed by atoms with van der Waals surface area (Å²) in [7, 11) is 4.68. The van der Waals surface area contributed by atoms with E-state index in [2.05, 4.69) is 0 Å². The van der Waals surface area contributed by atoms with Crippen molar-refractivity contribution in [3.63, 3.8) is 0 Å². The first kappa shape index (κ1) is 18.1. The number of ether oxygens (including phenoxy) is 4. The molecule has 2 rings (SSSR count). The third-order valence-electron chi connectivity index (χ3n) is 3.84. The monoisotopic (exact) mass is 335 g/mol. The molecular weight excluding hydrogens is 310 g/mol. The van der Waals surface area contributed by atoms with Gasteiger partial charge in [-0.15, -0.1) is 0 Å². The van der Waals surface area contributed by atoms with Crippen LogP contribution in [0.3, 0.4) is 0 Å². The van der Waals surface area contributed by atoms with E-state index in [0.717, 1.165) is 5.56 Å². The predicted octanol–water partition coefficient (Wildman–Crippen LogP) is 2.36. The molecule has 0 bridgehead atoms. The largest absolute Gasteiger partial charge is 0.493 e. The maximum absolute atomic E-state index is 12.4. The standard InChI is InChI=1S/C18H25NO5/c1-12-10-19(11-13(2)24-12)17(20)7-6-14-8-15(21-3)18(23-5)16(9-14)22-4/h6-9,12-13H,10-11H2,1-5H3/b7-6-/t12-,13+. The van der Waals surface area contributed by atoms with Crippen molar-refractivity contribution < 1.29 is 23.7 Å². The Morgan fingerprint density at radius 2 is 1.62 bits per heavy atom. The van der Waals surface area contributed by atoms with Gasteiger partial charge in [0.25, 0.3) is 0 Å². The van der Waals surface area contributed by atoms with Gasteiger partial charge in [-0.1, -0.05) is 0 Å². The second kappa shape index (κ2) is 8.06. The van der Waals surface area contributed by atoms with Gasteiger partial charge in [-0.25, -0.2) is 0 Å². The first-order valence-electron chi connectivity index (χ1n) is 7.91. The van der Waals surface area contributed by atoms with Gasteiger partial charge in [0.05, 0.1) is 33.5 Å². The van der Waals surface area contributed by atoms with Crippen LogP contribution >= 0.6 is 0 Å². The number of hydrogen-bond donors (Lipinski definition) is 0. The smallest absolute Gasteiger partial charge is 0.246 e. The highest BCUT2D eigenvalue weighted by molar-refractivity contribution is 5.92. The molecule has 0 saturated carbocycles. The molecule has 24 heavy (non-hydrogen) atoms. The molecule has 0 unspecified atom stereocenters. The van der Waals surface area contributed by atoms with Crippen molar-refractivity contribution in [2.45, 2.75) is 26.1 Å². The predicted molar refractivity (Wildman–Crippen MR) is 91.7 cm³/mol. The van der Waals surface area contributed by atoms with Crippen LogP contribution in [0.4, 0.5) is 0 Å². The highest BCUT2D eigenvalue weighted by atomic mass is 16.5. The highest BCUT2D eigenvalue weighted by Gasteiger charge is 2.24. The van der Waals surface area contributed by atoms with Crippen molar-refractivity contribution in [3.05, 3.63) is 23.8 Å². The Labute approximate surface area is 142 Å². The van der Waals surface area contributed by atoms with Gasteiger partial charge in [-0.05, 0) is 37.6 Å². The zero-order valence-electron chi connectivity index (χ0n) is 14.9. The molecule has 1 saturated heterocycles. The SMILES string of the molecule is COc1cc(/C=C\C(=O)N2C[C@@H](C)O[C@@H](C)C2)cc(OC)c1OC. The van der Waals surface area contributed by atoms with Crippen LogP contribution in [0.15, 0.2) is 18.2 Å². The molecule has 1 aliphatic rings. The summed E-state index contributed by atoms with van der Waals surface area (Å²) in [6, 6.07) is 3.60. The van der Waals surface area contributed by atoms with Crippen LogP contribution in [0, 0.1) is 0 Å².